The summed E-state index contributed by atoms with van der Waals surface area (Å²) in [5.74, 6) is 0.816. The molecule has 0 bridgehead atoms. The van der Waals surface area contributed by atoms with Crippen molar-refractivity contribution < 1.29 is 4.74 Å². The van der Waals surface area contributed by atoms with E-state index in [0.29, 0.717) is 11.5 Å². The first kappa shape index (κ1) is 12.4. The van der Waals surface area contributed by atoms with Crippen LogP contribution in [0.15, 0.2) is 0 Å². The maximum Gasteiger partial charge on any atom is 0.0575 e. The number of piperidine rings is 1. The van der Waals surface area contributed by atoms with Crippen molar-refractivity contribution in [3.8, 4) is 0 Å². The Labute approximate surface area is 100 Å². The van der Waals surface area contributed by atoms with Gasteiger partial charge < -0.3 is 10.1 Å². The molecule has 2 heteroatoms. The number of rotatable bonds is 3. The van der Waals surface area contributed by atoms with Gasteiger partial charge in [0.15, 0.2) is 0 Å². The normalized spacial score (nSPS) is 28.1. The molecule has 2 nitrogen and oxygen atoms in total. The minimum absolute atomic E-state index is 0.558. The molecule has 0 radical (unpaired) electrons. The molecule has 16 heavy (non-hydrogen) atoms. The van der Waals surface area contributed by atoms with Crippen molar-refractivity contribution in [3.63, 3.8) is 0 Å². The SMILES string of the molecule is CC1(C)CCC(OCC2CCNCC2)CC1. The van der Waals surface area contributed by atoms with Crippen LogP contribution in [0.2, 0.25) is 0 Å². The van der Waals surface area contributed by atoms with Crippen molar-refractivity contribution in [2.75, 3.05) is 19.7 Å². The average Bonchev–Trinajstić information content (AvgIpc) is 2.29. The molecule has 1 aliphatic heterocycles. The summed E-state index contributed by atoms with van der Waals surface area (Å²) in [6, 6.07) is 0. The second-order valence-corrected chi connectivity index (χ2v) is 6.39. The van der Waals surface area contributed by atoms with Gasteiger partial charge in [-0.25, -0.2) is 0 Å². The van der Waals surface area contributed by atoms with Crippen LogP contribution in [0.4, 0.5) is 0 Å². The van der Waals surface area contributed by atoms with Crippen molar-refractivity contribution in [1.29, 1.82) is 0 Å². The topological polar surface area (TPSA) is 21.3 Å². The molecule has 0 atom stereocenters. The average molecular weight is 225 g/mol. The van der Waals surface area contributed by atoms with Gasteiger partial charge in [0.2, 0.25) is 0 Å². The summed E-state index contributed by atoms with van der Waals surface area (Å²) in [7, 11) is 0. The maximum atomic E-state index is 6.09. The Morgan fingerprint density at radius 2 is 1.69 bits per heavy atom. The van der Waals surface area contributed by atoms with Crippen LogP contribution in [-0.4, -0.2) is 25.8 Å². The second-order valence-electron chi connectivity index (χ2n) is 6.39. The van der Waals surface area contributed by atoms with E-state index in [1.807, 2.05) is 0 Å². The molecule has 0 unspecified atom stereocenters. The number of hydrogen-bond donors (Lipinski definition) is 1. The van der Waals surface area contributed by atoms with Gasteiger partial charge in [-0.3, -0.25) is 0 Å². The van der Waals surface area contributed by atoms with Gasteiger partial charge in [0, 0.05) is 6.61 Å². The summed E-state index contributed by atoms with van der Waals surface area (Å²) in [5.41, 5.74) is 0.564. The van der Waals surface area contributed by atoms with Crippen LogP contribution < -0.4 is 5.32 Å². The fraction of sp³-hybridized carbons (Fsp3) is 1.00. The Balaban J connectivity index is 1.63. The highest BCUT2D eigenvalue weighted by atomic mass is 16.5. The molecule has 0 aromatic rings. The number of hydrogen-bond acceptors (Lipinski definition) is 2. The summed E-state index contributed by atoms with van der Waals surface area (Å²) < 4.78 is 6.09. The lowest BCUT2D eigenvalue weighted by molar-refractivity contribution is -0.0163. The second kappa shape index (κ2) is 5.50. The third kappa shape index (κ3) is 3.74. The Hall–Kier alpha value is -0.0800. The zero-order chi connectivity index (χ0) is 11.4. The molecule has 1 aliphatic carbocycles. The van der Waals surface area contributed by atoms with E-state index in [1.165, 1.54) is 51.6 Å². The Morgan fingerprint density at radius 1 is 1.06 bits per heavy atom. The van der Waals surface area contributed by atoms with Gasteiger partial charge >= 0.3 is 0 Å². The first-order chi connectivity index (χ1) is 7.66. The minimum Gasteiger partial charge on any atom is -0.378 e. The van der Waals surface area contributed by atoms with Crippen LogP contribution >= 0.6 is 0 Å². The van der Waals surface area contributed by atoms with E-state index in [9.17, 15) is 0 Å². The van der Waals surface area contributed by atoms with E-state index in [1.54, 1.807) is 0 Å². The monoisotopic (exact) mass is 225 g/mol. The van der Waals surface area contributed by atoms with Gasteiger partial charge in [-0.2, -0.15) is 0 Å². The lowest BCUT2D eigenvalue weighted by Crippen LogP contribution is -2.32. The Bertz CT molecular complexity index is 199. The summed E-state index contributed by atoms with van der Waals surface area (Å²) in [5, 5.41) is 3.41. The molecular formula is C14H27NO. The lowest BCUT2D eigenvalue weighted by atomic mass is 9.76. The number of ether oxygens (including phenoxy) is 1. The fourth-order valence-electron chi connectivity index (χ4n) is 2.86. The highest BCUT2D eigenvalue weighted by Crippen LogP contribution is 2.36. The van der Waals surface area contributed by atoms with E-state index < -0.39 is 0 Å². The standard InChI is InChI=1S/C14H27NO/c1-14(2)7-3-13(4-8-14)16-11-12-5-9-15-10-6-12/h12-13,15H,3-11H2,1-2H3. The molecule has 0 spiro atoms. The van der Waals surface area contributed by atoms with Crippen molar-refractivity contribution in [1.82, 2.24) is 5.32 Å². The molecule has 1 N–H and O–H groups in total. The largest absolute Gasteiger partial charge is 0.378 e. The molecule has 0 aromatic carbocycles. The third-order valence-electron chi connectivity index (χ3n) is 4.31. The quantitative estimate of drug-likeness (QED) is 0.797. The summed E-state index contributed by atoms with van der Waals surface area (Å²) in [6.45, 7) is 8.15. The first-order valence-electron chi connectivity index (χ1n) is 6.98. The van der Waals surface area contributed by atoms with E-state index in [-0.39, 0.29) is 0 Å². The van der Waals surface area contributed by atoms with Gasteiger partial charge in [0.25, 0.3) is 0 Å². The maximum absolute atomic E-state index is 6.09. The molecule has 94 valence electrons. The lowest BCUT2D eigenvalue weighted by Gasteiger charge is -2.35. The van der Waals surface area contributed by atoms with Crippen LogP contribution in [0.3, 0.4) is 0 Å². The minimum atomic E-state index is 0.558. The van der Waals surface area contributed by atoms with Crippen LogP contribution in [0.5, 0.6) is 0 Å². The molecule has 2 aliphatic rings. The van der Waals surface area contributed by atoms with Crippen molar-refractivity contribution in [3.05, 3.63) is 0 Å². The van der Waals surface area contributed by atoms with E-state index >= 15 is 0 Å². The predicted molar refractivity (Wildman–Crippen MR) is 67.6 cm³/mol. The smallest absolute Gasteiger partial charge is 0.0575 e. The van der Waals surface area contributed by atoms with Gasteiger partial charge in [-0.1, -0.05) is 13.8 Å². The molecule has 1 saturated heterocycles. The third-order valence-corrected chi connectivity index (χ3v) is 4.31. The Kier molecular flexibility index (Phi) is 4.26. The van der Waals surface area contributed by atoms with E-state index in [4.69, 9.17) is 4.74 Å². The van der Waals surface area contributed by atoms with Gasteiger partial charge in [0.05, 0.1) is 6.10 Å². The molecule has 2 fully saturated rings. The summed E-state index contributed by atoms with van der Waals surface area (Å²) in [4.78, 5) is 0. The van der Waals surface area contributed by atoms with Gasteiger partial charge in [-0.05, 0) is 62.9 Å². The Morgan fingerprint density at radius 3 is 2.31 bits per heavy atom. The first-order valence-corrected chi connectivity index (χ1v) is 6.98. The molecule has 0 amide bonds. The van der Waals surface area contributed by atoms with Crippen LogP contribution in [0.25, 0.3) is 0 Å². The summed E-state index contributed by atoms with van der Waals surface area (Å²) >= 11 is 0. The van der Waals surface area contributed by atoms with Crippen molar-refractivity contribution in [2.24, 2.45) is 11.3 Å². The predicted octanol–water partition coefficient (Wildman–Crippen LogP) is 2.97. The molecule has 1 saturated carbocycles. The van der Waals surface area contributed by atoms with Crippen LogP contribution in [-0.2, 0) is 4.74 Å². The van der Waals surface area contributed by atoms with E-state index in [0.717, 1.165) is 12.5 Å². The number of nitrogens with one attached hydrogen (secondary N) is 1. The zero-order valence-corrected chi connectivity index (χ0v) is 10.9. The fourth-order valence-corrected chi connectivity index (χ4v) is 2.86. The van der Waals surface area contributed by atoms with Crippen LogP contribution in [0, 0.1) is 11.3 Å². The molecule has 1 heterocycles. The van der Waals surface area contributed by atoms with Crippen LogP contribution in [0.1, 0.15) is 52.4 Å². The summed E-state index contributed by atoms with van der Waals surface area (Å²) in [6.07, 6.45) is 8.39. The van der Waals surface area contributed by atoms with E-state index in [2.05, 4.69) is 19.2 Å². The van der Waals surface area contributed by atoms with Gasteiger partial charge in [-0.15, -0.1) is 0 Å². The zero-order valence-electron chi connectivity index (χ0n) is 10.9. The molecular weight excluding hydrogens is 198 g/mol. The highest BCUT2D eigenvalue weighted by Gasteiger charge is 2.27. The van der Waals surface area contributed by atoms with Crippen molar-refractivity contribution >= 4 is 0 Å². The molecule has 2 rings (SSSR count). The van der Waals surface area contributed by atoms with Crippen molar-refractivity contribution in [2.45, 2.75) is 58.5 Å². The highest BCUT2D eigenvalue weighted by molar-refractivity contribution is 4.79. The van der Waals surface area contributed by atoms with Gasteiger partial charge in [0.1, 0.15) is 0 Å². The molecule has 0 aromatic heterocycles.